The molecule has 1 aromatic carbocycles. The van der Waals surface area contributed by atoms with Crippen molar-refractivity contribution in [1.29, 1.82) is 0 Å². The fourth-order valence-electron chi connectivity index (χ4n) is 5.18. The van der Waals surface area contributed by atoms with Crippen molar-refractivity contribution in [1.82, 2.24) is 10.2 Å². The third-order valence-corrected chi connectivity index (χ3v) is 7.96. The lowest BCUT2D eigenvalue weighted by molar-refractivity contribution is -0.146. The highest BCUT2D eigenvalue weighted by Gasteiger charge is 2.53. The molecule has 186 valence electrons. The normalized spacial score (nSPS) is 29.1. The largest absolute Gasteiger partial charge is 0.481 e. The van der Waals surface area contributed by atoms with Gasteiger partial charge >= 0.3 is 12.0 Å². The number of urea groups is 1. The molecule has 0 spiro atoms. The average molecular weight is 495 g/mol. The van der Waals surface area contributed by atoms with Crippen LogP contribution in [0.25, 0.3) is 0 Å². The van der Waals surface area contributed by atoms with Crippen molar-refractivity contribution in [3.63, 3.8) is 0 Å². The van der Waals surface area contributed by atoms with Gasteiger partial charge in [-0.2, -0.15) is 0 Å². The van der Waals surface area contributed by atoms with Crippen LogP contribution in [0.3, 0.4) is 0 Å². The minimum Gasteiger partial charge on any atom is -0.481 e. The Balaban J connectivity index is 1.64. The second kappa shape index (κ2) is 8.51. The summed E-state index contributed by atoms with van der Waals surface area (Å²) in [6.07, 6.45) is 3.68. The standard InChI is InChI=1S/C26H33ClF2N2O3/c1-24(2,3)8-7-15-5-6-18(11-21(15)27)25(4)20(17-12-26(28,29)13-17)14-31(23(34)30-25)19-9-16(10-19)22(32)33/h5-6,11,14,16-17,19H,7-10,12-13H2,1-4H3,(H,30,34)(H,32,33)/t16?,19?,25-/m0/s1. The van der Waals surface area contributed by atoms with Crippen LogP contribution in [0.5, 0.6) is 0 Å². The maximum absolute atomic E-state index is 13.8. The summed E-state index contributed by atoms with van der Waals surface area (Å²) < 4.78 is 27.7. The van der Waals surface area contributed by atoms with Gasteiger partial charge in [0, 0.05) is 30.1 Å². The summed E-state index contributed by atoms with van der Waals surface area (Å²) in [6, 6.07) is 5.13. The Morgan fingerprint density at radius 3 is 2.44 bits per heavy atom. The van der Waals surface area contributed by atoms with Gasteiger partial charge in [-0.3, -0.25) is 9.69 Å². The Hall–Kier alpha value is -2.15. The van der Waals surface area contributed by atoms with Crippen molar-refractivity contribution in [2.45, 2.75) is 83.7 Å². The first-order valence-electron chi connectivity index (χ1n) is 11.9. The van der Waals surface area contributed by atoms with E-state index in [9.17, 15) is 23.5 Å². The van der Waals surface area contributed by atoms with Crippen molar-refractivity contribution in [3.05, 3.63) is 46.1 Å². The molecule has 5 nitrogen and oxygen atoms in total. The molecule has 1 aliphatic heterocycles. The fraction of sp³-hybridized carbons (Fsp3) is 0.615. The van der Waals surface area contributed by atoms with Crippen molar-refractivity contribution in [2.24, 2.45) is 17.3 Å². The summed E-state index contributed by atoms with van der Waals surface area (Å²) in [7, 11) is 0. The number of carbonyl (C=O) groups is 2. The second-order valence-corrected chi connectivity index (χ2v) is 11.9. The topological polar surface area (TPSA) is 69.6 Å². The molecule has 4 rings (SSSR count). The van der Waals surface area contributed by atoms with Gasteiger partial charge in [0.1, 0.15) is 0 Å². The number of halogens is 3. The second-order valence-electron chi connectivity index (χ2n) is 11.5. The zero-order valence-electron chi connectivity index (χ0n) is 20.1. The quantitative estimate of drug-likeness (QED) is 0.484. The summed E-state index contributed by atoms with van der Waals surface area (Å²) in [6.45, 7) is 8.36. The number of aliphatic carboxylic acids is 1. The Bertz CT molecular complexity index is 1020. The minimum atomic E-state index is -2.71. The number of alkyl halides is 2. The third kappa shape index (κ3) is 4.81. The predicted molar refractivity (Wildman–Crippen MR) is 127 cm³/mol. The van der Waals surface area contributed by atoms with Crippen LogP contribution in [-0.4, -0.2) is 34.0 Å². The summed E-state index contributed by atoms with van der Waals surface area (Å²) in [5, 5.41) is 12.8. The van der Waals surface area contributed by atoms with E-state index in [0.29, 0.717) is 17.9 Å². The Labute approximate surface area is 204 Å². The number of hydrogen-bond acceptors (Lipinski definition) is 2. The fourth-order valence-corrected chi connectivity index (χ4v) is 5.46. The zero-order valence-corrected chi connectivity index (χ0v) is 20.9. The molecule has 1 aromatic rings. The van der Waals surface area contributed by atoms with Crippen LogP contribution in [0.15, 0.2) is 30.0 Å². The van der Waals surface area contributed by atoms with E-state index in [1.54, 1.807) is 6.20 Å². The van der Waals surface area contributed by atoms with Gasteiger partial charge in [-0.25, -0.2) is 13.6 Å². The molecule has 2 N–H and O–H groups in total. The van der Waals surface area contributed by atoms with Crippen LogP contribution in [0.4, 0.5) is 13.6 Å². The van der Waals surface area contributed by atoms with Gasteiger partial charge in [-0.1, -0.05) is 44.5 Å². The Morgan fingerprint density at radius 2 is 1.91 bits per heavy atom. The number of aryl methyl sites for hydroxylation is 1. The first-order chi connectivity index (χ1) is 15.7. The highest BCUT2D eigenvalue weighted by atomic mass is 35.5. The van der Waals surface area contributed by atoms with E-state index in [2.05, 4.69) is 26.1 Å². The van der Waals surface area contributed by atoms with Gasteiger partial charge in [-0.05, 0) is 66.7 Å². The van der Waals surface area contributed by atoms with Gasteiger partial charge in [-0.15, -0.1) is 0 Å². The van der Waals surface area contributed by atoms with Gasteiger partial charge in [0.25, 0.3) is 0 Å². The molecule has 1 heterocycles. The van der Waals surface area contributed by atoms with Gasteiger partial charge in [0.15, 0.2) is 0 Å². The lowest BCUT2D eigenvalue weighted by atomic mass is 9.67. The molecule has 0 unspecified atom stereocenters. The number of benzene rings is 1. The summed E-state index contributed by atoms with van der Waals surface area (Å²) >= 11 is 6.63. The van der Waals surface area contributed by atoms with Crippen molar-refractivity contribution in [2.75, 3.05) is 0 Å². The Morgan fingerprint density at radius 1 is 1.26 bits per heavy atom. The number of nitrogens with zero attached hydrogens (tertiary/aromatic N) is 1. The number of nitrogens with one attached hydrogen (secondary N) is 1. The third-order valence-electron chi connectivity index (χ3n) is 7.61. The van der Waals surface area contributed by atoms with E-state index in [1.165, 1.54) is 4.90 Å². The molecule has 0 aromatic heterocycles. The lowest BCUT2D eigenvalue weighted by Crippen LogP contribution is -2.60. The van der Waals surface area contributed by atoms with E-state index < -0.39 is 23.3 Å². The molecule has 1 atom stereocenters. The van der Waals surface area contributed by atoms with Crippen LogP contribution in [0.1, 0.15) is 70.9 Å². The molecule has 2 aliphatic carbocycles. The number of amides is 2. The van der Waals surface area contributed by atoms with Gasteiger partial charge < -0.3 is 10.4 Å². The molecule has 8 heteroatoms. The molecule has 2 saturated carbocycles. The molecule has 3 aliphatic rings. The van der Waals surface area contributed by atoms with Crippen molar-refractivity contribution < 1.29 is 23.5 Å². The Kier molecular flexibility index (Phi) is 6.24. The SMILES string of the molecule is CC(C)(C)CCc1ccc([C@]2(C)NC(=O)N(C3CC(C(=O)O)C3)C=C2C2CC(F)(F)C2)cc1Cl. The van der Waals surface area contributed by atoms with E-state index in [1.807, 2.05) is 25.1 Å². The van der Waals surface area contributed by atoms with E-state index >= 15 is 0 Å². The monoisotopic (exact) mass is 494 g/mol. The van der Waals surface area contributed by atoms with Crippen LogP contribution in [-0.2, 0) is 16.8 Å². The van der Waals surface area contributed by atoms with E-state index in [-0.39, 0.29) is 36.2 Å². The maximum atomic E-state index is 13.8. The van der Waals surface area contributed by atoms with Crippen LogP contribution < -0.4 is 5.32 Å². The molecule has 0 bridgehead atoms. The molecule has 2 fully saturated rings. The first-order valence-corrected chi connectivity index (χ1v) is 12.3. The van der Waals surface area contributed by atoms with Crippen LogP contribution >= 0.6 is 11.6 Å². The predicted octanol–water partition coefficient (Wildman–Crippen LogP) is 6.35. The van der Waals surface area contributed by atoms with E-state index in [4.69, 9.17) is 11.6 Å². The van der Waals surface area contributed by atoms with Crippen LogP contribution in [0.2, 0.25) is 5.02 Å². The number of carboxylic acid groups (broad SMARTS) is 1. The molecule has 0 radical (unpaired) electrons. The first kappa shape index (κ1) is 25.0. The molecule has 34 heavy (non-hydrogen) atoms. The number of rotatable bonds is 6. The smallest absolute Gasteiger partial charge is 0.322 e. The number of carboxylic acids is 1. The van der Waals surface area contributed by atoms with E-state index in [0.717, 1.165) is 29.5 Å². The summed E-state index contributed by atoms with van der Waals surface area (Å²) in [5.74, 6) is -4.44. The summed E-state index contributed by atoms with van der Waals surface area (Å²) in [5.41, 5.74) is 1.68. The molecular weight excluding hydrogens is 462 g/mol. The zero-order chi connectivity index (χ0) is 25.1. The highest BCUT2D eigenvalue weighted by molar-refractivity contribution is 6.31. The number of carbonyl (C=O) groups excluding carboxylic acids is 1. The average Bonchev–Trinajstić information content (AvgIpc) is 2.64. The van der Waals surface area contributed by atoms with Gasteiger partial charge in [0.2, 0.25) is 5.92 Å². The van der Waals surface area contributed by atoms with Crippen LogP contribution in [0, 0.1) is 17.3 Å². The molecule has 2 amide bonds. The van der Waals surface area contributed by atoms with Crippen molar-refractivity contribution in [3.8, 4) is 0 Å². The van der Waals surface area contributed by atoms with Crippen molar-refractivity contribution >= 4 is 23.6 Å². The molecule has 0 saturated heterocycles. The summed E-state index contributed by atoms with van der Waals surface area (Å²) in [4.78, 5) is 25.8. The molecular formula is C26H33ClF2N2O3. The maximum Gasteiger partial charge on any atom is 0.322 e. The lowest BCUT2D eigenvalue weighted by Gasteiger charge is -2.50. The van der Waals surface area contributed by atoms with Gasteiger partial charge in [0.05, 0.1) is 11.5 Å². The highest BCUT2D eigenvalue weighted by Crippen LogP contribution is 2.52. The minimum absolute atomic E-state index is 0.168. The number of hydrogen-bond donors (Lipinski definition) is 2.